The lowest BCUT2D eigenvalue weighted by atomic mass is 9.39. The fourth-order valence-electron chi connectivity index (χ4n) is 8.64. The van der Waals surface area contributed by atoms with Gasteiger partial charge in [0.1, 0.15) is 5.78 Å². The standard InChI is InChI=1S/C20H30O/c1-17(2)14-5-8-20-10-13-12(19(13,4)11-20)9-15(20)18(14,3)7-6-16(17)21/h12-15H,5-11H2,1-4H3/t12-,13?,14-,15+,18-,19-,20+/m1/s1. The zero-order valence-corrected chi connectivity index (χ0v) is 14.2. The molecule has 0 heterocycles. The second-order valence-electron chi connectivity index (χ2n) is 10.5. The third kappa shape index (κ3) is 1.23. The van der Waals surface area contributed by atoms with Gasteiger partial charge in [-0.05, 0) is 78.4 Å². The summed E-state index contributed by atoms with van der Waals surface area (Å²) in [5.74, 6) is 4.23. The van der Waals surface area contributed by atoms with Gasteiger partial charge >= 0.3 is 0 Å². The molecule has 1 heteroatoms. The number of ketones is 1. The SMILES string of the molecule is CC1(C)C(=O)CC[C@]2(C)[C@@H]1CC[C@@]13CC4[C@@H](C[C@H]12)[C@@]4(C)C3. The summed E-state index contributed by atoms with van der Waals surface area (Å²) in [6.07, 6.45) is 9.33. The van der Waals surface area contributed by atoms with Gasteiger partial charge in [0, 0.05) is 11.8 Å². The predicted octanol–water partition coefficient (Wildman–Crippen LogP) is 4.84. The van der Waals surface area contributed by atoms with Crippen molar-refractivity contribution in [3.05, 3.63) is 0 Å². The number of hydrogen-bond acceptors (Lipinski definition) is 1. The van der Waals surface area contributed by atoms with Crippen LogP contribution in [-0.4, -0.2) is 5.78 Å². The quantitative estimate of drug-likeness (QED) is 0.622. The van der Waals surface area contributed by atoms with Crippen LogP contribution in [0.3, 0.4) is 0 Å². The number of fused-ring (bicyclic) bond motifs is 1. The normalized spacial score (nSPS) is 63.0. The Kier molecular flexibility index (Phi) is 2.06. The number of rotatable bonds is 0. The first-order valence-corrected chi connectivity index (χ1v) is 9.27. The second-order valence-corrected chi connectivity index (χ2v) is 10.5. The van der Waals surface area contributed by atoms with Crippen molar-refractivity contribution < 1.29 is 4.79 Å². The fraction of sp³-hybridized carbons (Fsp3) is 0.950. The number of carbonyl (C=O) groups excluding carboxylic acids is 1. The van der Waals surface area contributed by atoms with Crippen LogP contribution < -0.4 is 0 Å². The first kappa shape index (κ1) is 13.1. The molecular formula is C20H30O. The van der Waals surface area contributed by atoms with Crippen molar-refractivity contribution in [3.8, 4) is 0 Å². The highest BCUT2D eigenvalue weighted by Crippen LogP contribution is 2.85. The van der Waals surface area contributed by atoms with Crippen LogP contribution in [0.4, 0.5) is 0 Å². The zero-order valence-electron chi connectivity index (χ0n) is 14.2. The van der Waals surface area contributed by atoms with Crippen molar-refractivity contribution in [1.82, 2.24) is 0 Å². The van der Waals surface area contributed by atoms with Gasteiger partial charge in [-0.3, -0.25) is 4.79 Å². The molecule has 6 rings (SSSR count). The molecule has 0 aliphatic heterocycles. The lowest BCUT2D eigenvalue weighted by molar-refractivity contribution is -0.172. The molecule has 6 aliphatic rings. The molecule has 116 valence electrons. The molecule has 1 spiro atoms. The van der Waals surface area contributed by atoms with Crippen molar-refractivity contribution in [1.29, 1.82) is 0 Å². The van der Waals surface area contributed by atoms with E-state index in [9.17, 15) is 4.79 Å². The summed E-state index contributed by atoms with van der Waals surface area (Å²) in [6, 6.07) is 0. The van der Waals surface area contributed by atoms with Crippen LogP contribution in [0.25, 0.3) is 0 Å². The van der Waals surface area contributed by atoms with E-state index in [0.29, 0.717) is 22.5 Å². The van der Waals surface area contributed by atoms with E-state index in [2.05, 4.69) is 27.7 Å². The minimum absolute atomic E-state index is 0.0674. The number of Topliss-reactive ketones (excluding diaryl/α,β-unsaturated/α-hetero) is 1. The van der Waals surface area contributed by atoms with E-state index < -0.39 is 0 Å². The van der Waals surface area contributed by atoms with Gasteiger partial charge in [-0.1, -0.05) is 27.7 Å². The van der Waals surface area contributed by atoms with Crippen LogP contribution in [0.15, 0.2) is 0 Å². The molecule has 1 nitrogen and oxygen atoms in total. The van der Waals surface area contributed by atoms with Crippen LogP contribution in [0.1, 0.15) is 72.6 Å². The van der Waals surface area contributed by atoms with Crippen LogP contribution in [0.5, 0.6) is 0 Å². The van der Waals surface area contributed by atoms with E-state index in [1.54, 1.807) is 0 Å². The largest absolute Gasteiger partial charge is 0.299 e. The van der Waals surface area contributed by atoms with Crippen molar-refractivity contribution in [2.45, 2.75) is 72.6 Å². The van der Waals surface area contributed by atoms with Crippen molar-refractivity contribution in [2.75, 3.05) is 0 Å². The lowest BCUT2D eigenvalue weighted by Crippen LogP contribution is -2.59. The first-order valence-electron chi connectivity index (χ1n) is 9.27. The smallest absolute Gasteiger partial charge is 0.138 e. The van der Waals surface area contributed by atoms with Crippen molar-refractivity contribution in [3.63, 3.8) is 0 Å². The maximum absolute atomic E-state index is 12.5. The van der Waals surface area contributed by atoms with Crippen LogP contribution in [-0.2, 0) is 4.79 Å². The summed E-state index contributed by atoms with van der Waals surface area (Å²) in [5.41, 5.74) is 1.79. The molecule has 4 bridgehead atoms. The minimum atomic E-state index is -0.0674. The topological polar surface area (TPSA) is 17.1 Å². The molecule has 0 aromatic carbocycles. The number of hydrogen-bond donors (Lipinski definition) is 0. The van der Waals surface area contributed by atoms with Gasteiger partial charge in [0.05, 0.1) is 0 Å². The summed E-state index contributed by atoms with van der Waals surface area (Å²) >= 11 is 0. The van der Waals surface area contributed by atoms with Crippen molar-refractivity contribution >= 4 is 5.78 Å². The van der Waals surface area contributed by atoms with Gasteiger partial charge in [0.2, 0.25) is 0 Å². The minimum Gasteiger partial charge on any atom is -0.299 e. The second kappa shape index (κ2) is 3.29. The molecular weight excluding hydrogens is 256 g/mol. The molecule has 6 fully saturated rings. The van der Waals surface area contributed by atoms with Gasteiger partial charge in [0.15, 0.2) is 0 Å². The van der Waals surface area contributed by atoms with Gasteiger partial charge in [-0.15, -0.1) is 0 Å². The van der Waals surface area contributed by atoms with E-state index in [1.165, 1.54) is 38.5 Å². The zero-order chi connectivity index (χ0) is 14.8. The van der Waals surface area contributed by atoms with Gasteiger partial charge in [-0.2, -0.15) is 0 Å². The molecule has 0 amide bonds. The Labute approximate surface area is 129 Å². The molecule has 0 N–H and O–H groups in total. The summed E-state index contributed by atoms with van der Waals surface area (Å²) in [7, 11) is 0. The van der Waals surface area contributed by atoms with Gasteiger partial charge in [0.25, 0.3) is 0 Å². The molecule has 0 aromatic rings. The van der Waals surface area contributed by atoms with Crippen molar-refractivity contribution in [2.24, 2.45) is 45.3 Å². The summed E-state index contributed by atoms with van der Waals surface area (Å²) in [6.45, 7) is 9.66. The molecule has 6 aliphatic carbocycles. The maximum Gasteiger partial charge on any atom is 0.138 e. The summed E-state index contributed by atoms with van der Waals surface area (Å²) in [5, 5.41) is 0. The Bertz CT molecular complexity index is 548. The fourth-order valence-corrected chi connectivity index (χ4v) is 8.64. The Hall–Kier alpha value is -0.330. The molecule has 6 saturated carbocycles. The molecule has 1 unspecified atom stereocenters. The predicted molar refractivity (Wildman–Crippen MR) is 83.7 cm³/mol. The van der Waals surface area contributed by atoms with E-state index >= 15 is 0 Å². The molecule has 0 radical (unpaired) electrons. The van der Waals surface area contributed by atoms with Gasteiger partial charge in [-0.25, -0.2) is 0 Å². The Morgan fingerprint density at radius 1 is 0.952 bits per heavy atom. The van der Waals surface area contributed by atoms with E-state index in [1.807, 2.05) is 0 Å². The molecule has 0 aromatic heterocycles. The monoisotopic (exact) mass is 286 g/mol. The van der Waals surface area contributed by atoms with E-state index in [4.69, 9.17) is 0 Å². The molecule has 7 atom stereocenters. The third-order valence-corrected chi connectivity index (χ3v) is 9.66. The highest BCUT2D eigenvalue weighted by atomic mass is 16.1. The first-order chi connectivity index (χ1) is 9.74. The average molecular weight is 286 g/mol. The third-order valence-electron chi connectivity index (χ3n) is 9.66. The Morgan fingerprint density at radius 2 is 1.71 bits per heavy atom. The van der Waals surface area contributed by atoms with Crippen LogP contribution >= 0.6 is 0 Å². The number of carbonyl (C=O) groups is 1. The van der Waals surface area contributed by atoms with E-state index in [0.717, 1.165) is 29.6 Å². The summed E-state index contributed by atoms with van der Waals surface area (Å²) in [4.78, 5) is 12.5. The highest BCUT2D eigenvalue weighted by molar-refractivity contribution is 5.85. The summed E-state index contributed by atoms with van der Waals surface area (Å²) < 4.78 is 0. The maximum atomic E-state index is 12.5. The Morgan fingerprint density at radius 3 is 2.38 bits per heavy atom. The van der Waals surface area contributed by atoms with E-state index in [-0.39, 0.29) is 5.41 Å². The van der Waals surface area contributed by atoms with Crippen LogP contribution in [0, 0.1) is 45.3 Å². The van der Waals surface area contributed by atoms with Gasteiger partial charge < -0.3 is 0 Å². The lowest BCUT2D eigenvalue weighted by Gasteiger charge is -2.64. The average Bonchev–Trinajstić information content (AvgIpc) is 2.86. The van der Waals surface area contributed by atoms with Crippen LogP contribution in [0.2, 0.25) is 0 Å². The Balaban J connectivity index is 1.57. The molecule has 0 saturated heterocycles. The highest BCUT2D eigenvalue weighted by Gasteiger charge is 2.78. The molecule has 21 heavy (non-hydrogen) atoms.